The van der Waals surface area contributed by atoms with E-state index in [0.29, 0.717) is 0 Å². The lowest BCUT2D eigenvalue weighted by atomic mass is 10.3. The van der Waals surface area contributed by atoms with E-state index in [1.165, 1.54) is 0 Å². The summed E-state index contributed by atoms with van der Waals surface area (Å²) in [6, 6.07) is 3.98. The van der Waals surface area contributed by atoms with Gasteiger partial charge >= 0.3 is 0 Å². The van der Waals surface area contributed by atoms with Gasteiger partial charge < -0.3 is 5.32 Å². The van der Waals surface area contributed by atoms with Crippen molar-refractivity contribution in [2.24, 2.45) is 0 Å². The third-order valence-electron chi connectivity index (χ3n) is 2.15. The van der Waals surface area contributed by atoms with Crippen molar-refractivity contribution in [3.8, 4) is 0 Å². The van der Waals surface area contributed by atoms with Crippen LogP contribution in [0.3, 0.4) is 0 Å². The number of nitrogens with one attached hydrogen (secondary N) is 1. The maximum absolute atomic E-state index is 4.42. The average molecular weight is 298 g/mol. The van der Waals surface area contributed by atoms with E-state index in [1.54, 1.807) is 11.3 Å². The highest BCUT2D eigenvalue weighted by atomic mass is 79.9. The van der Waals surface area contributed by atoms with Gasteiger partial charge in [0.2, 0.25) is 0 Å². The van der Waals surface area contributed by atoms with Gasteiger partial charge in [-0.05, 0) is 35.0 Å². The Bertz CT molecular complexity index is 456. The average Bonchev–Trinajstić information content (AvgIpc) is 2.76. The van der Waals surface area contributed by atoms with Gasteiger partial charge in [0.05, 0.1) is 10.7 Å². The van der Waals surface area contributed by atoms with E-state index < -0.39 is 0 Å². The maximum atomic E-state index is 4.42. The van der Waals surface area contributed by atoms with E-state index in [0.717, 1.165) is 34.0 Å². The molecule has 0 spiro atoms. The Hall–Kier alpha value is -0.940. The molecule has 2 rings (SSSR count). The maximum Gasteiger partial charge on any atom is 0.126 e. The quantitative estimate of drug-likeness (QED) is 0.941. The van der Waals surface area contributed by atoms with Crippen LogP contribution >= 0.6 is 27.3 Å². The Balaban J connectivity index is 1.87. The number of nitrogens with zero attached hydrogens (tertiary/aromatic N) is 2. The first-order valence-electron chi connectivity index (χ1n) is 5.01. The minimum Gasteiger partial charge on any atom is -0.370 e. The van der Waals surface area contributed by atoms with E-state index >= 15 is 0 Å². The van der Waals surface area contributed by atoms with Crippen LogP contribution in [0.4, 0.5) is 5.82 Å². The Labute approximate surface area is 107 Å². The van der Waals surface area contributed by atoms with Crippen molar-refractivity contribution in [3.63, 3.8) is 0 Å². The summed E-state index contributed by atoms with van der Waals surface area (Å²) in [6.07, 6.45) is 2.77. The van der Waals surface area contributed by atoms with Gasteiger partial charge in [0.1, 0.15) is 5.82 Å². The summed E-state index contributed by atoms with van der Waals surface area (Å²) >= 11 is 5.12. The number of pyridine rings is 1. The van der Waals surface area contributed by atoms with Gasteiger partial charge in [-0.15, -0.1) is 11.3 Å². The largest absolute Gasteiger partial charge is 0.370 e. The van der Waals surface area contributed by atoms with Crippen molar-refractivity contribution in [1.29, 1.82) is 0 Å². The predicted octanol–water partition coefficient (Wildman–Crippen LogP) is 3.26. The van der Waals surface area contributed by atoms with E-state index in [1.807, 2.05) is 30.6 Å². The van der Waals surface area contributed by atoms with Gasteiger partial charge in [0, 0.05) is 29.0 Å². The second-order valence-corrected chi connectivity index (χ2v) is 5.20. The Morgan fingerprint density at radius 2 is 2.31 bits per heavy atom. The number of rotatable bonds is 4. The molecule has 0 amide bonds. The molecule has 0 aliphatic carbocycles. The van der Waals surface area contributed by atoms with Crippen molar-refractivity contribution < 1.29 is 0 Å². The van der Waals surface area contributed by atoms with Crippen LogP contribution in [0.25, 0.3) is 0 Å². The minimum atomic E-state index is 0.863. The third-order valence-corrected chi connectivity index (χ3v) is 3.83. The van der Waals surface area contributed by atoms with Crippen LogP contribution < -0.4 is 5.32 Å². The molecule has 1 N–H and O–H groups in total. The number of halogens is 1. The first-order valence-corrected chi connectivity index (χ1v) is 6.68. The van der Waals surface area contributed by atoms with Gasteiger partial charge in [-0.3, -0.25) is 0 Å². The Kier molecular flexibility index (Phi) is 3.90. The fourth-order valence-corrected chi connectivity index (χ4v) is 2.16. The number of hydrogen-bond acceptors (Lipinski definition) is 4. The van der Waals surface area contributed by atoms with Crippen LogP contribution in [0.2, 0.25) is 0 Å². The van der Waals surface area contributed by atoms with Crippen molar-refractivity contribution >= 4 is 33.1 Å². The smallest absolute Gasteiger partial charge is 0.126 e. The second kappa shape index (κ2) is 5.41. The molecule has 16 heavy (non-hydrogen) atoms. The van der Waals surface area contributed by atoms with Gasteiger partial charge in [-0.25, -0.2) is 9.97 Å². The van der Waals surface area contributed by atoms with E-state index in [-0.39, 0.29) is 0 Å². The van der Waals surface area contributed by atoms with Crippen molar-refractivity contribution in [2.75, 3.05) is 11.9 Å². The number of hydrogen-bond donors (Lipinski definition) is 1. The van der Waals surface area contributed by atoms with Crippen molar-refractivity contribution in [3.05, 3.63) is 38.9 Å². The highest BCUT2D eigenvalue weighted by molar-refractivity contribution is 9.10. The summed E-state index contributed by atoms with van der Waals surface area (Å²) < 4.78 is 1.04. The zero-order valence-corrected chi connectivity index (χ0v) is 11.3. The third kappa shape index (κ3) is 3.02. The van der Waals surface area contributed by atoms with Gasteiger partial charge in [-0.1, -0.05) is 0 Å². The molecule has 5 heteroatoms. The van der Waals surface area contributed by atoms with Crippen LogP contribution in [0, 0.1) is 6.92 Å². The van der Waals surface area contributed by atoms with E-state index in [9.17, 15) is 0 Å². The molecule has 84 valence electrons. The summed E-state index contributed by atoms with van der Waals surface area (Å²) in [5, 5.41) is 6.44. The minimum absolute atomic E-state index is 0.863. The van der Waals surface area contributed by atoms with Gasteiger partial charge in [0.15, 0.2) is 0 Å². The molecule has 0 saturated heterocycles. The molecule has 0 aliphatic heterocycles. The molecule has 3 nitrogen and oxygen atoms in total. The zero-order valence-electron chi connectivity index (χ0n) is 8.90. The zero-order chi connectivity index (χ0) is 11.4. The summed E-state index contributed by atoms with van der Waals surface area (Å²) in [7, 11) is 0. The fraction of sp³-hybridized carbons (Fsp3) is 0.273. The van der Waals surface area contributed by atoms with Crippen LogP contribution in [0.1, 0.15) is 10.7 Å². The molecule has 2 heterocycles. The molecule has 2 aromatic heterocycles. The van der Waals surface area contributed by atoms with Crippen molar-refractivity contribution in [1.82, 2.24) is 9.97 Å². The molecule has 0 unspecified atom stereocenters. The van der Waals surface area contributed by atoms with Gasteiger partial charge in [0.25, 0.3) is 0 Å². The fourth-order valence-electron chi connectivity index (χ4n) is 1.32. The van der Waals surface area contributed by atoms with E-state index in [2.05, 4.69) is 31.2 Å². The lowest BCUT2D eigenvalue weighted by Gasteiger charge is -2.05. The lowest BCUT2D eigenvalue weighted by molar-refractivity contribution is 0.982. The molecule has 0 saturated carbocycles. The molecule has 0 aliphatic rings. The molecule has 0 aromatic carbocycles. The molecular formula is C11H12BrN3S. The molecule has 0 bridgehead atoms. The SMILES string of the molecule is Cc1nc(NCCc2nccs2)ccc1Br. The van der Waals surface area contributed by atoms with Crippen LogP contribution in [-0.4, -0.2) is 16.5 Å². The predicted molar refractivity (Wildman–Crippen MR) is 71.0 cm³/mol. The normalized spacial score (nSPS) is 10.4. The first-order chi connectivity index (χ1) is 7.75. The lowest BCUT2D eigenvalue weighted by Crippen LogP contribution is -2.06. The van der Waals surface area contributed by atoms with Crippen LogP contribution in [0.5, 0.6) is 0 Å². The van der Waals surface area contributed by atoms with Gasteiger partial charge in [-0.2, -0.15) is 0 Å². The summed E-state index contributed by atoms with van der Waals surface area (Å²) in [5.41, 5.74) is 0.999. The van der Waals surface area contributed by atoms with Crippen molar-refractivity contribution in [2.45, 2.75) is 13.3 Å². The van der Waals surface area contributed by atoms with Crippen LogP contribution in [-0.2, 0) is 6.42 Å². The standard InChI is InChI=1S/C11H12BrN3S/c1-8-9(12)2-3-10(15-8)13-5-4-11-14-6-7-16-11/h2-3,6-7H,4-5H2,1H3,(H,13,15). The Morgan fingerprint density at radius 1 is 1.44 bits per heavy atom. The molecule has 2 aromatic rings. The molecule has 0 atom stereocenters. The molecule has 0 fully saturated rings. The number of aryl methyl sites for hydroxylation is 1. The number of thiazole rings is 1. The summed E-state index contributed by atoms with van der Waals surface area (Å²) in [5.74, 6) is 0.914. The summed E-state index contributed by atoms with van der Waals surface area (Å²) in [4.78, 5) is 8.65. The first kappa shape index (κ1) is 11.5. The highest BCUT2D eigenvalue weighted by Gasteiger charge is 1.99. The topological polar surface area (TPSA) is 37.8 Å². The number of anilines is 1. The Morgan fingerprint density at radius 3 is 3.00 bits per heavy atom. The van der Waals surface area contributed by atoms with E-state index in [4.69, 9.17) is 0 Å². The second-order valence-electron chi connectivity index (χ2n) is 3.37. The highest BCUT2D eigenvalue weighted by Crippen LogP contribution is 2.16. The molecular weight excluding hydrogens is 286 g/mol. The molecule has 0 radical (unpaired) electrons. The summed E-state index contributed by atoms with van der Waals surface area (Å²) in [6.45, 7) is 2.84. The number of aromatic nitrogens is 2. The van der Waals surface area contributed by atoms with Crippen LogP contribution in [0.15, 0.2) is 28.2 Å². The monoisotopic (exact) mass is 297 g/mol.